The van der Waals surface area contributed by atoms with Crippen molar-refractivity contribution in [2.24, 2.45) is 5.92 Å². The molecule has 1 aliphatic rings. The first-order valence-electron chi connectivity index (χ1n) is 11.4. The fourth-order valence-corrected chi connectivity index (χ4v) is 4.22. The van der Waals surface area contributed by atoms with Gasteiger partial charge in [0.15, 0.2) is 0 Å². The molecule has 1 fully saturated rings. The van der Waals surface area contributed by atoms with Crippen molar-refractivity contribution in [2.45, 2.75) is 25.9 Å². The van der Waals surface area contributed by atoms with Gasteiger partial charge in [0.25, 0.3) is 5.91 Å². The van der Waals surface area contributed by atoms with Gasteiger partial charge in [-0.1, -0.05) is 24.3 Å². The van der Waals surface area contributed by atoms with Crippen molar-refractivity contribution in [3.63, 3.8) is 0 Å². The predicted octanol–water partition coefficient (Wildman–Crippen LogP) is 3.12. The van der Waals surface area contributed by atoms with E-state index in [0.717, 1.165) is 17.7 Å². The normalized spacial score (nSPS) is 14.0. The maximum Gasteiger partial charge on any atom is 0.254 e. The first-order chi connectivity index (χ1) is 16.6. The lowest BCUT2D eigenvalue weighted by atomic mass is 9.95. The molecule has 2 aromatic carbocycles. The fourth-order valence-electron chi connectivity index (χ4n) is 4.22. The number of nitrogens with one attached hydrogen (secondary N) is 1. The summed E-state index contributed by atoms with van der Waals surface area (Å²) in [5.41, 5.74) is 2.74. The number of benzene rings is 2. The Hall–Kier alpha value is -3.81. The van der Waals surface area contributed by atoms with Crippen molar-refractivity contribution in [2.75, 3.05) is 27.3 Å². The zero-order chi connectivity index (χ0) is 23.9. The Bertz CT molecular complexity index is 1100. The summed E-state index contributed by atoms with van der Waals surface area (Å²) in [6.45, 7) is 2.31. The molecule has 8 nitrogen and oxygen atoms in total. The van der Waals surface area contributed by atoms with Crippen molar-refractivity contribution in [1.82, 2.24) is 19.8 Å². The van der Waals surface area contributed by atoms with Crippen LogP contribution < -0.4 is 14.8 Å². The molecule has 1 N–H and O–H groups in total. The fraction of sp³-hybridized carbons (Fsp3) is 0.346. The monoisotopic (exact) mass is 462 g/mol. The molecule has 8 heteroatoms. The molecule has 34 heavy (non-hydrogen) atoms. The van der Waals surface area contributed by atoms with E-state index in [2.05, 4.69) is 22.4 Å². The van der Waals surface area contributed by atoms with Gasteiger partial charge in [0.05, 0.1) is 20.5 Å². The van der Waals surface area contributed by atoms with E-state index in [1.165, 1.54) is 0 Å². The Balaban J connectivity index is 1.28. The van der Waals surface area contributed by atoms with E-state index >= 15 is 0 Å². The highest BCUT2D eigenvalue weighted by atomic mass is 16.5. The van der Waals surface area contributed by atoms with Gasteiger partial charge in [-0.05, 0) is 36.1 Å². The van der Waals surface area contributed by atoms with Crippen molar-refractivity contribution in [3.8, 4) is 11.5 Å². The average molecular weight is 463 g/mol. The second-order valence-electron chi connectivity index (χ2n) is 8.44. The molecule has 1 aliphatic heterocycles. The predicted molar refractivity (Wildman–Crippen MR) is 128 cm³/mol. The Morgan fingerprint density at radius 2 is 1.74 bits per heavy atom. The number of amides is 2. The largest absolute Gasteiger partial charge is 0.497 e. The molecule has 0 atom stereocenters. The van der Waals surface area contributed by atoms with Crippen molar-refractivity contribution in [1.29, 1.82) is 0 Å². The van der Waals surface area contributed by atoms with Crippen molar-refractivity contribution < 1.29 is 19.1 Å². The molecular weight excluding hydrogens is 432 g/mol. The number of likely N-dealkylation sites (tertiary alicyclic amines) is 1. The Morgan fingerprint density at radius 3 is 2.38 bits per heavy atom. The number of piperidine rings is 1. The Labute approximate surface area is 199 Å². The molecule has 0 saturated carbocycles. The molecular formula is C26H30N4O4. The highest BCUT2D eigenvalue weighted by Crippen LogP contribution is 2.25. The van der Waals surface area contributed by atoms with Gasteiger partial charge in [-0.15, -0.1) is 0 Å². The molecule has 1 saturated heterocycles. The Morgan fingerprint density at radius 1 is 1.03 bits per heavy atom. The van der Waals surface area contributed by atoms with E-state index in [0.29, 0.717) is 49.5 Å². The van der Waals surface area contributed by atoms with Crippen molar-refractivity contribution in [3.05, 3.63) is 77.9 Å². The summed E-state index contributed by atoms with van der Waals surface area (Å²) < 4.78 is 12.6. The van der Waals surface area contributed by atoms with Gasteiger partial charge < -0.3 is 24.3 Å². The third-order valence-electron chi connectivity index (χ3n) is 6.13. The number of rotatable bonds is 8. The van der Waals surface area contributed by atoms with Crippen LogP contribution in [0.25, 0.3) is 0 Å². The van der Waals surface area contributed by atoms with Crippen molar-refractivity contribution >= 4 is 11.8 Å². The van der Waals surface area contributed by atoms with E-state index < -0.39 is 0 Å². The van der Waals surface area contributed by atoms with Crippen LogP contribution in [0.1, 0.15) is 34.3 Å². The minimum Gasteiger partial charge on any atom is -0.497 e. The van der Waals surface area contributed by atoms with Crippen LogP contribution in [0.2, 0.25) is 0 Å². The van der Waals surface area contributed by atoms with Gasteiger partial charge in [-0.2, -0.15) is 0 Å². The van der Waals surface area contributed by atoms with Crippen LogP contribution in [-0.2, 0) is 17.9 Å². The summed E-state index contributed by atoms with van der Waals surface area (Å²) in [5.74, 6) is 1.01. The third-order valence-corrected chi connectivity index (χ3v) is 6.13. The number of methoxy groups -OCH3 is 2. The molecule has 0 spiro atoms. The first kappa shape index (κ1) is 23.4. The minimum atomic E-state index is -0.0990. The summed E-state index contributed by atoms with van der Waals surface area (Å²) in [5, 5.41) is 3.07. The van der Waals surface area contributed by atoms with E-state index in [1.807, 2.05) is 22.9 Å². The molecule has 0 unspecified atom stereocenters. The number of imidazole rings is 1. The van der Waals surface area contributed by atoms with E-state index in [1.54, 1.807) is 49.8 Å². The smallest absolute Gasteiger partial charge is 0.254 e. The van der Waals surface area contributed by atoms with Crippen LogP contribution in [-0.4, -0.2) is 53.6 Å². The highest BCUT2D eigenvalue weighted by molar-refractivity contribution is 5.95. The molecule has 2 heterocycles. The first-order valence-corrected chi connectivity index (χ1v) is 11.4. The summed E-state index contributed by atoms with van der Waals surface area (Å²) in [6.07, 6.45) is 6.75. The maximum atomic E-state index is 13.0. The zero-order valence-electron chi connectivity index (χ0n) is 19.6. The molecule has 0 radical (unpaired) electrons. The molecule has 178 valence electrons. The third kappa shape index (κ3) is 5.75. The maximum absolute atomic E-state index is 13.0. The van der Waals surface area contributed by atoms with Crippen LogP contribution in [0.4, 0.5) is 0 Å². The number of carbonyl (C=O) groups excluding carboxylic acids is 2. The number of ether oxygens (including phenoxy) is 2. The highest BCUT2D eigenvalue weighted by Gasteiger charge is 2.28. The van der Waals surface area contributed by atoms with Gasteiger partial charge in [-0.3, -0.25) is 9.59 Å². The van der Waals surface area contributed by atoms with Gasteiger partial charge in [0.2, 0.25) is 5.91 Å². The van der Waals surface area contributed by atoms with Gasteiger partial charge >= 0.3 is 0 Å². The second-order valence-corrected chi connectivity index (χ2v) is 8.44. The summed E-state index contributed by atoms with van der Waals surface area (Å²) in [4.78, 5) is 31.6. The SMILES string of the molecule is COc1cc(OC)cc(C(=O)N2CCC(C(=O)NCc3cccc(Cn4ccnc4)c3)CC2)c1. The quantitative estimate of drug-likeness (QED) is 0.556. The molecule has 0 bridgehead atoms. The average Bonchev–Trinajstić information content (AvgIpc) is 3.39. The molecule has 1 aromatic heterocycles. The number of aromatic nitrogens is 2. The number of hydrogen-bond acceptors (Lipinski definition) is 5. The zero-order valence-corrected chi connectivity index (χ0v) is 19.6. The summed E-state index contributed by atoms with van der Waals surface area (Å²) in [7, 11) is 3.12. The number of carbonyl (C=O) groups is 2. The van der Waals surface area contributed by atoms with Crippen LogP contribution >= 0.6 is 0 Å². The Kier molecular flexibility index (Phi) is 7.47. The minimum absolute atomic E-state index is 0.0372. The summed E-state index contributed by atoms with van der Waals surface area (Å²) >= 11 is 0. The number of hydrogen-bond donors (Lipinski definition) is 1. The van der Waals surface area contributed by atoms with Crippen LogP contribution in [0.3, 0.4) is 0 Å². The molecule has 3 aromatic rings. The molecule has 4 rings (SSSR count). The van der Waals surface area contributed by atoms with E-state index in [4.69, 9.17) is 9.47 Å². The van der Waals surface area contributed by atoms with Gasteiger partial charge in [0, 0.05) is 56.1 Å². The van der Waals surface area contributed by atoms with Crippen LogP contribution in [0.5, 0.6) is 11.5 Å². The standard InChI is InChI=1S/C26H30N4O4/c1-33-23-13-22(14-24(15-23)34-2)26(32)30-9-6-21(7-10-30)25(31)28-16-19-4-3-5-20(12-19)17-29-11-8-27-18-29/h3-5,8,11-15,18,21H,6-7,9-10,16-17H2,1-2H3,(H,28,31). The van der Waals surface area contributed by atoms with Crippen LogP contribution in [0, 0.1) is 5.92 Å². The molecule has 2 amide bonds. The molecule has 0 aliphatic carbocycles. The van der Waals surface area contributed by atoms with Crippen LogP contribution in [0.15, 0.2) is 61.2 Å². The lowest BCUT2D eigenvalue weighted by Gasteiger charge is -2.31. The second kappa shape index (κ2) is 10.9. The van der Waals surface area contributed by atoms with E-state index in [9.17, 15) is 9.59 Å². The lowest BCUT2D eigenvalue weighted by Crippen LogP contribution is -2.42. The topological polar surface area (TPSA) is 85.7 Å². The van der Waals surface area contributed by atoms with E-state index in [-0.39, 0.29) is 17.7 Å². The number of nitrogens with zero attached hydrogens (tertiary/aromatic N) is 3. The van der Waals surface area contributed by atoms with Gasteiger partial charge in [0.1, 0.15) is 11.5 Å². The van der Waals surface area contributed by atoms with Gasteiger partial charge in [-0.25, -0.2) is 4.98 Å². The lowest BCUT2D eigenvalue weighted by molar-refractivity contribution is -0.126. The summed E-state index contributed by atoms with van der Waals surface area (Å²) in [6, 6.07) is 13.3.